The SMILES string of the molecule is CCc1nc2ccc(C(=O)NC3=NN(c4ccccc4)C(=O)C3)cn2c1N(C)C(=O)COc1ccccc1. The molecule has 192 valence electrons. The van der Waals surface area contributed by atoms with Gasteiger partial charge in [0.2, 0.25) is 0 Å². The monoisotopic (exact) mass is 510 g/mol. The van der Waals surface area contributed by atoms with Crippen molar-refractivity contribution in [2.45, 2.75) is 19.8 Å². The molecule has 3 amide bonds. The molecule has 0 atom stereocenters. The molecule has 0 saturated carbocycles. The van der Waals surface area contributed by atoms with Crippen molar-refractivity contribution >= 4 is 40.7 Å². The molecule has 0 unspecified atom stereocenters. The Kier molecular flexibility index (Phi) is 6.86. The predicted molar refractivity (Wildman–Crippen MR) is 143 cm³/mol. The van der Waals surface area contributed by atoms with Crippen molar-refractivity contribution < 1.29 is 19.1 Å². The molecule has 2 aromatic heterocycles. The van der Waals surface area contributed by atoms with Gasteiger partial charge < -0.3 is 10.1 Å². The third-order valence-corrected chi connectivity index (χ3v) is 6.09. The van der Waals surface area contributed by atoms with Gasteiger partial charge in [0.1, 0.15) is 23.1 Å². The van der Waals surface area contributed by atoms with E-state index in [1.807, 2.05) is 43.3 Å². The quantitative estimate of drug-likeness (QED) is 0.410. The number of likely N-dealkylation sites (N-methyl/N-ethyl adjacent to an activating group) is 1. The Labute approximate surface area is 219 Å². The van der Waals surface area contributed by atoms with Crippen LogP contribution in [0.5, 0.6) is 5.75 Å². The smallest absolute Gasteiger partial charge is 0.265 e. The predicted octanol–water partition coefficient (Wildman–Crippen LogP) is 3.42. The lowest BCUT2D eigenvalue weighted by atomic mass is 10.2. The van der Waals surface area contributed by atoms with Crippen LogP contribution < -0.4 is 20.0 Å². The van der Waals surface area contributed by atoms with Crippen LogP contribution >= 0.6 is 0 Å². The van der Waals surface area contributed by atoms with Crippen molar-refractivity contribution in [2.24, 2.45) is 5.10 Å². The van der Waals surface area contributed by atoms with Crippen LogP contribution in [0.15, 0.2) is 84.1 Å². The topological polar surface area (TPSA) is 109 Å². The van der Waals surface area contributed by atoms with Gasteiger partial charge in [0.25, 0.3) is 17.7 Å². The zero-order chi connectivity index (χ0) is 26.6. The van der Waals surface area contributed by atoms with Crippen LogP contribution in [0.25, 0.3) is 5.65 Å². The van der Waals surface area contributed by atoms with Crippen molar-refractivity contribution in [1.82, 2.24) is 14.7 Å². The van der Waals surface area contributed by atoms with Gasteiger partial charge in [0.05, 0.1) is 23.4 Å². The van der Waals surface area contributed by atoms with Crippen LogP contribution in [0.4, 0.5) is 11.5 Å². The number of imidazole rings is 1. The first kappa shape index (κ1) is 24.7. The van der Waals surface area contributed by atoms with Crippen molar-refractivity contribution in [3.63, 3.8) is 0 Å². The molecule has 0 aliphatic carbocycles. The summed E-state index contributed by atoms with van der Waals surface area (Å²) in [6.45, 7) is 1.80. The highest BCUT2D eigenvalue weighted by Crippen LogP contribution is 2.24. The molecule has 1 N–H and O–H groups in total. The second-order valence-corrected chi connectivity index (χ2v) is 8.65. The lowest BCUT2D eigenvalue weighted by molar-refractivity contribution is -0.120. The number of pyridine rings is 1. The van der Waals surface area contributed by atoms with E-state index in [0.29, 0.717) is 40.6 Å². The molecule has 0 radical (unpaired) electrons. The average Bonchev–Trinajstić information content (AvgIpc) is 3.51. The average molecular weight is 511 g/mol. The van der Waals surface area contributed by atoms with E-state index in [9.17, 15) is 14.4 Å². The fourth-order valence-electron chi connectivity index (χ4n) is 4.16. The number of amides is 3. The lowest BCUT2D eigenvalue weighted by Crippen LogP contribution is -2.33. The first-order chi connectivity index (χ1) is 18.4. The van der Waals surface area contributed by atoms with Crippen LogP contribution in [-0.2, 0) is 16.0 Å². The minimum atomic E-state index is -0.424. The molecular formula is C28H26N6O4. The third-order valence-electron chi connectivity index (χ3n) is 6.09. The Bertz CT molecular complexity index is 1530. The van der Waals surface area contributed by atoms with Gasteiger partial charge in [-0.2, -0.15) is 10.1 Å². The molecule has 10 nitrogen and oxygen atoms in total. The molecule has 0 saturated heterocycles. The molecule has 5 rings (SSSR count). The molecule has 1 aliphatic heterocycles. The van der Waals surface area contributed by atoms with E-state index >= 15 is 0 Å². The normalized spacial score (nSPS) is 12.9. The summed E-state index contributed by atoms with van der Waals surface area (Å²) in [7, 11) is 1.66. The number of ether oxygens (including phenoxy) is 1. The highest BCUT2D eigenvalue weighted by Gasteiger charge is 2.27. The van der Waals surface area contributed by atoms with Gasteiger partial charge in [-0.1, -0.05) is 43.3 Å². The zero-order valence-electron chi connectivity index (χ0n) is 21.0. The fraction of sp³-hybridized carbons (Fsp3) is 0.179. The molecule has 1 aliphatic rings. The molecule has 2 aromatic carbocycles. The summed E-state index contributed by atoms with van der Waals surface area (Å²) in [5.74, 6) is 0.495. The number of hydrogen-bond acceptors (Lipinski definition) is 6. The summed E-state index contributed by atoms with van der Waals surface area (Å²) in [5.41, 5.74) is 2.26. The second kappa shape index (κ2) is 10.6. The van der Waals surface area contributed by atoms with Gasteiger partial charge in [-0.15, -0.1) is 0 Å². The number of para-hydroxylation sites is 2. The molecule has 0 bridgehead atoms. The maximum absolute atomic E-state index is 13.1. The van der Waals surface area contributed by atoms with Crippen LogP contribution in [0, 0.1) is 0 Å². The Morgan fingerprint density at radius 2 is 1.74 bits per heavy atom. The van der Waals surface area contributed by atoms with Crippen molar-refractivity contribution in [3.05, 3.63) is 90.3 Å². The number of amidine groups is 1. The number of aryl methyl sites for hydroxylation is 1. The van der Waals surface area contributed by atoms with Crippen molar-refractivity contribution in [1.29, 1.82) is 0 Å². The second-order valence-electron chi connectivity index (χ2n) is 8.65. The lowest BCUT2D eigenvalue weighted by Gasteiger charge is -2.19. The maximum Gasteiger partial charge on any atom is 0.265 e. The Balaban J connectivity index is 1.36. The molecule has 0 spiro atoms. The van der Waals surface area contributed by atoms with Gasteiger partial charge in [-0.05, 0) is 42.8 Å². The first-order valence-electron chi connectivity index (χ1n) is 12.2. The number of fused-ring (bicyclic) bond motifs is 1. The Morgan fingerprint density at radius 1 is 1.03 bits per heavy atom. The number of carbonyl (C=O) groups excluding carboxylic acids is 3. The third kappa shape index (κ3) is 4.96. The molecule has 10 heteroatoms. The Hall–Kier alpha value is -4.99. The van der Waals surface area contributed by atoms with E-state index in [-0.39, 0.29) is 30.7 Å². The number of aromatic nitrogens is 2. The van der Waals surface area contributed by atoms with Crippen LogP contribution in [0.2, 0.25) is 0 Å². The number of rotatable bonds is 7. The van der Waals surface area contributed by atoms with E-state index in [1.165, 1.54) is 9.91 Å². The highest BCUT2D eigenvalue weighted by atomic mass is 16.5. The zero-order valence-corrected chi connectivity index (χ0v) is 21.0. The minimum Gasteiger partial charge on any atom is -0.484 e. The summed E-state index contributed by atoms with van der Waals surface area (Å²) in [6.07, 6.45) is 2.20. The van der Waals surface area contributed by atoms with E-state index in [0.717, 1.165) is 0 Å². The largest absolute Gasteiger partial charge is 0.484 e. The number of nitrogens with one attached hydrogen (secondary N) is 1. The number of anilines is 2. The van der Waals surface area contributed by atoms with Gasteiger partial charge in [-0.25, -0.2) is 4.98 Å². The summed E-state index contributed by atoms with van der Waals surface area (Å²) in [4.78, 5) is 44.6. The number of hydrazone groups is 1. The molecule has 4 aromatic rings. The maximum atomic E-state index is 13.1. The number of nitrogens with zero attached hydrogens (tertiary/aromatic N) is 5. The molecular weight excluding hydrogens is 484 g/mol. The molecule has 0 fully saturated rings. The van der Waals surface area contributed by atoms with Crippen molar-refractivity contribution in [2.75, 3.05) is 23.6 Å². The molecule has 38 heavy (non-hydrogen) atoms. The summed E-state index contributed by atoms with van der Waals surface area (Å²) < 4.78 is 7.34. The standard InChI is InChI=1S/C28H26N6O4/c1-3-22-28(32(2)26(36)18-38-21-12-8-5-9-13-21)33-17-19(14-15-24(33)29-22)27(37)30-23-16-25(35)34(31-23)20-10-6-4-7-11-20/h4-15,17H,3,16,18H2,1-2H3,(H,30,31,37). The summed E-state index contributed by atoms with van der Waals surface area (Å²) in [5, 5.41) is 8.29. The van der Waals surface area contributed by atoms with Gasteiger partial charge in [-0.3, -0.25) is 23.7 Å². The number of benzene rings is 2. The summed E-state index contributed by atoms with van der Waals surface area (Å²) in [6, 6.07) is 21.5. The van der Waals surface area contributed by atoms with Crippen LogP contribution in [0.3, 0.4) is 0 Å². The minimum absolute atomic E-state index is 0.0160. The number of hydrogen-bond donors (Lipinski definition) is 1. The van der Waals surface area contributed by atoms with Gasteiger partial charge in [0.15, 0.2) is 6.61 Å². The first-order valence-corrected chi connectivity index (χ1v) is 12.2. The van der Waals surface area contributed by atoms with Crippen molar-refractivity contribution in [3.8, 4) is 5.75 Å². The van der Waals surface area contributed by atoms with Crippen LogP contribution in [-0.4, -0.2) is 46.6 Å². The Morgan fingerprint density at radius 3 is 2.45 bits per heavy atom. The van der Waals surface area contributed by atoms with E-state index in [4.69, 9.17) is 4.74 Å². The van der Waals surface area contributed by atoms with E-state index in [1.54, 1.807) is 54.0 Å². The van der Waals surface area contributed by atoms with E-state index in [2.05, 4.69) is 15.4 Å². The van der Waals surface area contributed by atoms with Crippen LogP contribution in [0.1, 0.15) is 29.4 Å². The number of carbonyl (C=O) groups is 3. The molecule has 3 heterocycles. The fourth-order valence-corrected chi connectivity index (χ4v) is 4.16. The highest BCUT2D eigenvalue weighted by molar-refractivity contribution is 6.17. The van der Waals surface area contributed by atoms with Gasteiger partial charge in [0, 0.05) is 13.2 Å². The van der Waals surface area contributed by atoms with E-state index < -0.39 is 5.91 Å². The summed E-state index contributed by atoms with van der Waals surface area (Å²) >= 11 is 0. The van der Waals surface area contributed by atoms with Gasteiger partial charge >= 0.3 is 0 Å².